The first kappa shape index (κ1) is 9.17. The highest BCUT2D eigenvalue weighted by atomic mass is 35.5. The predicted octanol–water partition coefficient (Wildman–Crippen LogP) is 0.000500. The third-order valence-corrected chi connectivity index (χ3v) is 1.16. The molecule has 56 valence electrons. The highest BCUT2D eigenvalue weighted by molar-refractivity contribution is 5.85. The Kier molecular flexibility index (Phi) is 5.09. The molecule has 1 aliphatic heterocycles. The van der Waals surface area contributed by atoms with E-state index in [1.165, 1.54) is 0 Å². The number of morpholine rings is 1. The van der Waals surface area contributed by atoms with Gasteiger partial charge in [-0.2, -0.15) is 0 Å². The van der Waals surface area contributed by atoms with Gasteiger partial charge in [0.1, 0.15) is 0 Å². The molecule has 1 fully saturated rings. The smallest absolute Gasteiger partial charge is 0.169 e. The maximum atomic E-state index is 5.14. The van der Waals surface area contributed by atoms with Gasteiger partial charge >= 0.3 is 0 Å². The van der Waals surface area contributed by atoms with E-state index in [0.717, 1.165) is 19.7 Å². The van der Waals surface area contributed by atoms with Gasteiger partial charge in [0.2, 0.25) is 0 Å². The molecule has 1 aliphatic rings. The molecule has 0 amide bonds. The van der Waals surface area contributed by atoms with Gasteiger partial charge in [0.05, 0.1) is 6.61 Å². The lowest BCUT2D eigenvalue weighted by Crippen LogP contribution is -2.39. The Morgan fingerprint density at radius 2 is 2.44 bits per heavy atom. The van der Waals surface area contributed by atoms with Crippen LogP contribution in [0.1, 0.15) is 0 Å². The van der Waals surface area contributed by atoms with E-state index >= 15 is 0 Å². The lowest BCUT2D eigenvalue weighted by molar-refractivity contribution is -0.135. The Balaban J connectivity index is 0.000000640. The molecule has 9 heavy (non-hydrogen) atoms. The van der Waals surface area contributed by atoms with Crippen molar-refractivity contribution < 1.29 is 9.47 Å². The summed E-state index contributed by atoms with van der Waals surface area (Å²) in [5.74, 6) is 0. The molecule has 3 nitrogen and oxygen atoms in total. The fraction of sp³-hybridized carbons (Fsp3) is 1.00. The molecule has 1 unspecified atom stereocenters. The minimum atomic E-state index is -0.0243. The van der Waals surface area contributed by atoms with E-state index in [0.29, 0.717) is 0 Å². The molecule has 0 saturated carbocycles. The number of hydrogen-bond donors (Lipinski definition) is 1. The van der Waals surface area contributed by atoms with E-state index < -0.39 is 0 Å². The van der Waals surface area contributed by atoms with Gasteiger partial charge in [-0.25, -0.2) is 0 Å². The van der Waals surface area contributed by atoms with Crippen molar-refractivity contribution in [3.05, 3.63) is 0 Å². The molecule has 0 aromatic rings. The number of halogens is 1. The van der Waals surface area contributed by atoms with Crippen molar-refractivity contribution in [2.24, 2.45) is 0 Å². The Morgan fingerprint density at radius 1 is 1.67 bits per heavy atom. The molecule has 0 bridgehead atoms. The summed E-state index contributed by atoms with van der Waals surface area (Å²) in [6.07, 6.45) is -0.0243. The normalized spacial score (nSPS) is 27.0. The first-order chi connectivity index (χ1) is 3.93. The van der Waals surface area contributed by atoms with Crippen molar-refractivity contribution in [2.45, 2.75) is 6.29 Å². The van der Waals surface area contributed by atoms with Gasteiger partial charge in [0.15, 0.2) is 6.29 Å². The standard InChI is InChI=1S/C5H11NO2.ClH/c1-7-5-4-6-2-3-8-5;/h5-6H,2-4H2,1H3;1H. The van der Waals surface area contributed by atoms with Crippen molar-refractivity contribution in [1.29, 1.82) is 0 Å². The number of nitrogens with one attached hydrogen (secondary N) is 1. The van der Waals surface area contributed by atoms with E-state index in [9.17, 15) is 0 Å². The first-order valence-electron chi connectivity index (χ1n) is 2.78. The van der Waals surface area contributed by atoms with Crippen LogP contribution < -0.4 is 5.32 Å². The lowest BCUT2D eigenvalue weighted by Gasteiger charge is -2.21. The van der Waals surface area contributed by atoms with Crippen LogP contribution in [0.3, 0.4) is 0 Å². The summed E-state index contributed by atoms with van der Waals surface area (Å²) in [6.45, 7) is 2.52. The molecule has 1 atom stereocenters. The van der Waals surface area contributed by atoms with E-state index in [4.69, 9.17) is 9.47 Å². The van der Waals surface area contributed by atoms with Gasteiger partial charge in [-0.1, -0.05) is 0 Å². The van der Waals surface area contributed by atoms with E-state index in [-0.39, 0.29) is 18.7 Å². The highest BCUT2D eigenvalue weighted by Crippen LogP contribution is 1.93. The molecular weight excluding hydrogens is 142 g/mol. The molecule has 0 radical (unpaired) electrons. The van der Waals surface area contributed by atoms with Gasteiger partial charge in [0.25, 0.3) is 0 Å². The topological polar surface area (TPSA) is 30.5 Å². The molecule has 0 spiro atoms. The monoisotopic (exact) mass is 153 g/mol. The minimum absolute atomic E-state index is 0. The van der Waals surface area contributed by atoms with Crippen molar-refractivity contribution >= 4 is 12.4 Å². The van der Waals surface area contributed by atoms with Gasteiger partial charge in [-0.3, -0.25) is 0 Å². The summed E-state index contributed by atoms with van der Waals surface area (Å²) in [6, 6.07) is 0. The number of ether oxygens (including phenoxy) is 2. The van der Waals surface area contributed by atoms with Crippen molar-refractivity contribution in [1.82, 2.24) is 5.32 Å². The zero-order chi connectivity index (χ0) is 5.82. The van der Waals surface area contributed by atoms with Crippen LogP contribution in [-0.2, 0) is 9.47 Å². The van der Waals surface area contributed by atoms with Crippen molar-refractivity contribution in [2.75, 3.05) is 26.8 Å². The molecule has 1 saturated heterocycles. The Morgan fingerprint density at radius 3 is 2.78 bits per heavy atom. The zero-order valence-corrected chi connectivity index (χ0v) is 6.24. The number of methoxy groups -OCH3 is 1. The van der Waals surface area contributed by atoms with Crippen molar-refractivity contribution in [3.8, 4) is 0 Å². The van der Waals surface area contributed by atoms with Crippen LogP contribution in [0, 0.1) is 0 Å². The second-order valence-electron chi connectivity index (χ2n) is 1.74. The van der Waals surface area contributed by atoms with Crippen LogP contribution in [0.15, 0.2) is 0 Å². The number of hydrogen-bond acceptors (Lipinski definition) is 3. The maximum absolute atomic E-state index is 5.14. The highest BCUT2D eigenvalue weighted by Gasteiger charge is 2.09. The first-order valence-corrected chi connectivity index (χ1v) is 2.78. The molecule has 0 aromatic heterocycles. The second-order valence-corrected chi connectivity index (χ2v) is 1.74. The molecule has 0 aliphatic carbocycles. The predicted molar refractivity (Wildman–Crippen MR) is 36.9 cm³/mol. The largest absolute Gasteiger partial charge is 0.355 e. The van der Waals surface area contributed by atoms with Gasteiger partial charge in [0, 0.05) is 20.2 Å². The van der Waals surface area contributed by atoms with Crippen LogP contribution >= 0.6 is 12.4 Å². The summed E-state index contributed by atoms with van der Waals surface area (Å²) < 4.78 is 10.0. The van der Waals surface area contributed by atoms with Crippen molar-refractivity contribution in [3.63, 3.8) is 0 Å². The van der Waals surface area contributed by atoms with Gasteiger partial charge in [-0.05, 0) is 0 Å². The minimum Gasteiger partial charge on any atom is -0.355 e. The van der Waals surface area contributed by atoms with Crippen LogP contribution in [0.5, 0.6) is 0 Å². The quantitative estimate of drug-likeness (QED) is 0.576. The third-order valence-electron chi connectivity index (χ3n) is 1.16. The average molecular weight is 154 g/mol. The van der Waals surface area contributed by atoms with Crippen LogP contribution in [0.4, 0.5) is 0 Å². The van der Waals surface area contributed by atoms with E-state index in [1.54, 1.807) is 7.11 Å². The Hall–Kier alpha value is 0.170. The summed E-state index contributed by atoms with van der Waals surface area (Å²) in [4.78, 5) is 0. The fourth-order valence-electron chi connectivity index (χ4n) is 0.693. The van der Waals surface area contributed by atoms with Crippen LogP contribution in [0.2, 0.25) is 0 Å². The van der Waals surface area contributed by atoms with Crippen LogP contribution in [-0.4, -0.2) is 33.1 Å². The average Bonchev–Trinajstić information content (AvgIpc) is 1.90. The van der Waals surface area contributed by atoms with Gasteiger partial charge in [-0.15, -0.1) is 12.4 Å². The van der Waals surface area contributed by atoms with Gasteiger partial charge < -0.3 is 14.8 Å². The molecule has 4 heteroatoms. The van der Waals surface area contributed by atoms with E-state index in [2.05, 4.69) is 5.32 Å². The molecule has 0 aromatic carbocycles. The number of rotatable bonds is 1. The lowest BCUT2D eigenvalue weighted by atomic mass is 10.5. The summed E-state index contributed by atoms with van der Waals surface area (Å²) >= 11 is 0. The Labute approximate surface area is 61.1 Å². The third kappa shape index (κ3) is 3.01. The second kappa shape index (κ2) is 4.99. The molecular formula is C5H12ClNO2. The van der Waals surface area contributed by atoms with E-state index in [1.807, 2.05) is 0 Å². The molecule has 1 rings (SSSR count). The summed E-state index contributed by atoms with van der Waals surface area (Å²) in [5, 5.41) is 3.14. The molecule has 1 heterocycles. The molecule has 1 N–H and O–H groups in total. The summed E-state index contributed by atoms with van der Waals surface area (Å²) in [5.41, 5.74) is 0. The fourth-order valence-corrected chi connectivity index (χ4v) is 0.693. The maximum Gasteiger partial charge on any atom is 0.169 e. The Bertz CT molecular complexity index is 66.0. The summed E-state index contributed by atoms with van der Waals surface area (Å²) in [7, 11) is 1.65. The zero-order valence-electron chi connectivity index (χ0n) is 5.42. The SMILES string of the molecule is COC1CNCCO1.Cl. The van der Waals surface area contributed by atoms with Crippen LogP contribution in [0.25, 0.3) is 0 Å².